The van der Waals surface area contributed by atoms with Crippen molar-refractivity contribution in [3.63, 3.8) is 0 Å². The predicted octanol–water partition coefficient (Wildman–Crippen LogP) is 4.84. The Bertz CT molecular complexity index is 753. The number of hydrogen-bond donors (Lipinski definition) is 0. The Morgan fingerprint density at radius 1 is 1.35 bits per heavy atom. The Morgan fingerprint density at radius 3 is 2.73 bits per heavy atom. The average Bonchev–Trinajstić information content (AvgIpc) is 3.10. The van der Waals surface area contributed by atoms with Crippen LogP contribution in [0.25, 0.3) is 11.3 Å². The molecule has 0 radical (unpaired) electrons. The van der Waals surface area contributed by atoms with E-state index in [0.29, 0.717) is 19.8 Å². The summed E-state index contributed by atoms with van der Waals surface area (Å²) in [7, 11) is 0. The van der Waals surface area contributed by atoms with Gasteiger partial charge in [0.15, 0.2) is 0 Å². The lowest BCUT2D eigenvalue weighted by Crippen LogP contribution is -2.45. The van der Waals surface area contributed by atoms with Crippen molar-refractivity contribution < 1.29 is 14.3 Å². The van der Waals surface area contributed by atoms with E-state index >= 15 is 0 Å². The van der Waals surface area contributed by atoms with E-state index in [2.05, 4.69) is 30.5 Å². The normalized spacial score (nSPS) is 18.0. The molecule has 1 saturated heterocycles. The van der Waals surface area contributed by atoms with Crippen LogP contribution in [-0.2, 0) is 9.47 Å². The molecule has 1 aromatic heterocycles. The monoisotopic (exact) mass is 392 g/mol. The minimum Gasteiger partial charge on any atom is -0.444 e. The van der Waals surface area contributed by atoms with Gasteiger partial charge < -0.3 is 9.47 Å². The summed E-state index contributed by atoms with van der Waals surface area (Å²) in [5.74, 6) is 0. The van der Waals surface area contributed by atoms with Gasteiger partial charge in [-0.3, -0.25) is 4.90 Å². The number of benzene rings is 1. The van der Waals surface area contributed by atoms with E-state index in [0.717, 1.165) is 16.3 Å². The van der Waals surface area contributed by atoms with Crippen molar-refractivity contribution in [1.29, 1.82) is 0 Å². The van der Waals surface area contributed by atoms with Crippen LogP contribution in [0.15, 0.2) is 34.5 Å². The maximum absolute atomic E-state index is 12.6. The number of aromatic nitrogens is 1. The molecule has 1 fully saturated rings. The Labute approximate surface area is 162 Å². The van der Waals surface area contributed by atoms with Gasteiger partial charge in [0.05, 0.1) is 18.9 Å². The molecule has 26 heavy (non-hydrogen) atoms. The molecule has 1 aliphatic heterocycles. The Morgan fingerprint density at radius 2 is 2.08 bits per heavy atom. The SMILES string of the molecule is CSc1ccc(-c2csc(C3COCCN3C(=O)OC(C)(C)C)n2)cc1. The van der Waals surface area contributed by atoms with E-state index in [1.165, 1.54) is 4.90 Å². The molecular weight excluding hydrogens is 368 g/mol. The second-order valence-corrected chi connectivity index (χ2v) is 8.83. The second-order valence-electron chi connectivity index (χ2n) is 7.06. The highest BCUT2D eigenvalue weighted by Gasteiger charge is 2.33. The molecule has 1 aromatic carbocycles. The van der Waals surface area contributed by atoms with Crippen molar-refractivity contribution in [1.82, 2.24) is 9.88 Å². The van der Waals surface area contributed by atoms with Gasteiger partial charge in [0.25, 0.3) is 0 Å². The summed E-state index contributed by atoms with van der Waals surface area (Å²) in [6, 6.07) is 8.13. The number of thiazole rings is 1. The molecule has 3 rings (SSSR count). The number of ether oxygens (including phenoxy) is 2. The number of carbonyl (C=O) groups is 1. The number of hydrogen-bond acceptors (Lipinski definition) is 6. The van der Waals surface area contributed by atoms with Crippen molar-refractivity contribution >= 4 is 29.2 Å². The lowest BCUT2D eigenvalue weighted by Gasteiger charge is -2.35. The van der Waals surface area contributed by atoms with Crippen molar-refractivity contribution in [3.05, 3.63) is 34.7 Å². The van der Waals surface area contributed by atoms with Crippen LogP contribution >= 0.6 is 23.1 Å². The van der Waals surface area contributed by atoms with E-state index in [1.54, 1.807) is 28.0 Å². The van der Waals surface area contributed by atoms with Crippen molar-refractivity contribution in [2.75, 3.05) is 26.0 Å². The van der Waals surface area contributed by atoms with E-state index in [-0.39, 0.29) is 12.1 Å². The lowest BCUT2D eigenvalue weighted by atomic mass is 10.2. The molecule has 1 amide bonds. The minimum absolute atomic E-state index is 0.206. The fourth-order valence-corrected chi connectivity index (χ4v) is 4.02. The first-order valence-electron chi connectivity index (χ1n) is 8.54. The van der Waals surface area contributed by atoms with E-state index in [4.69, 9.17) is 14.5 Å². The van der Waals surface area contributed by atoms with Gasteiger partial charge in [-0.1, -0.05) is 12.1 Å². The molecular formula is C19H24N2O3S2. The van der Waals surface area contributed by atoms with Gasteiger partial charge in [-0.25, -0.2) is 9.78 Å². The zero-order valence-corrected chi connectivity index (χ0v) is 17.2. The summed E-state index contributed by atoms with van der Waals surface area (Å²) >= 11 is 3.27. The Balaban J connectivity index is 1.80. The first-order valence-corrected chi connectivity index (χ1v) is 10.6. The highest BCUT2D eigenvalue weighted by molar-refractivity contribution is 7.98. The molecule has 2 aromatic rings. The van der Waals surface area contributed by atoms with Gasteiger partial charge in [-0.2, -0.15) is 0 Å². The van der Waals surface area contributed by atoms with Gasteiger partial charge in [-0.15, -0.1) is 23.1 Å². The van der Waals surface area contributed by atoms with Crippen LogP contribution in [0.2, 0.25) is 0 Å². The fourth-order valence-electron chi connectivity index (χ4n) is 2.68. The largest absolute Gasteiger partial charge is 0.444 e. The molecule has 0 aliphatic carbocycles. The van der Waals surface area contributed by atoms with Crippen LogP contribution in [0.5, 0.6) is 0 Å². The third kappa shape index (κ3) is 4.58. The van der Waals surface area contributed by atoms with Crippen LogP contribution in [0.1, 0.15) is 31.8 Å². The summed E-state index contributed by atoms with van der Waals surface area (Å²) < 4.78 is 11.2. The molecule has 7 heteroatoms. The zero-order valence-electron chi connectivity index (χ0n) is 15.5. The van der Waals surface area contributed by atoms with Crippen LogP contribution < -0.4 is 0 Å². The van der Waals surface area contributed by atoms with Crippen LogP contribution in [0.4, 0.5) is 4.79 Å². The number of amides is 1. The number of thioether (sulfide) groups is 1. The van der Waals surface area contributed by atoms with Crippen molar-refractivity contribution in [2.45, 2.75) is 37.3 Å². The Hall–Kier alpha value is -1.57. The highest BCUT2D eigenvalue weighted by atomic mass is 32.2. The summed E-state index contributed by atoms with van der Waals surface area (Å²) in [6.45, 7) is 7.10. The van der Waals surface area contributed by atoms with Gasteiger partial charge in [0, 0.05) is 22.4 Å². The maximum atomic E-state index is 12.6. The quantitative estimate of drug-likeness (QED) is 0.700. The third-order valence-electron chi connectivity index (χ3n) is 3.95. The smallest absolute Gasteiger partial charge is 0.411 e. The molecule has 0 bridgehead atoms. The fraction of sp³-hybridized carbons (Fsp3) is 0.474. The third-order valence-corrected chi connectivity index (χ3v) is 5.64. The molecule has 1 atom stereocenters. The van der Waals surface area contributed by atoms with Gasteiger partial charge in [0.2, 0.25) is 0 Å². The van der Waals surface area contributed by atoms with Gasteiger partial charge in [0.1, 0.15) is 16.7 Å². The molecule has 0 spiro atoms. The molecule has 1 aliphatic rings. The van der Waals surface area contributed by atoms with Crippen LogP contribution in [0.3, 0.4) is 0 Å². The first-order chi connectivity index (χ1) is 12.4. The number of carbonyl (C=O) groups excluding carboxylic acids is 1. The lowest BCUT2D eigenvalue weighted by molar-refractivity contribution is -0.0331. The van der Waals surface area contributed by atoms with Gasteiger partial charge >= 0.3 is 6.09 Å². The number of morpholine rings is 1. The Kier molecular flexibility index (Phi) is 5.89. The summed E-state index contributed by atoms with van der Waals surface area (Å²) in [6.07, 6.45) is 1.75. The number of nitrogens with zero attached hydrogens (tertiary/aromatic N) is 2. The first kappa shape index (κ1) is 19.2. The van der Waals surface area contributed by atoms with E-state index in [9.17, 15) is 4.79 Å². The summed E-state index contributed by atoms with van der Waals surface area (Å²) in [4.78, 5) is 20.3. The zero-order chi connectivity index (χ0) is 18.7. The summed E-state index contributed by atoms with van der Waals surface area (Å²) in [5, 5.41) is 2.91. The highest BCUT2D eigenvalue weighted by Crippen LogP contribution is 2.32. The predicted molar refractivity (Wildman–Crippen MR) is 106 cm³/mol. The second kappa shape index (κ2) is 7.98. The van der Waals surface area contributed by atoms with Crippen LogP contribution in [-0.4, -0.2) is 47.6 Å². The van der Waals surface area contributed by atoms with Crippen molar-refractivity contribution in [3.8, 4) is 11.3 Å². The standard InChI is InChI=1S/C19H24N2O3S2/c1-19(2,3)24-18(22)21-9-10-23-11-16(21)17-20-15(12-26-17)13-5-7-14(25-4)8-6-13/h5-8,12,16H,9-11H2,1-4H3. The molecule has 0 N–H and O–H groups in total. The van der Waals surface area contributed by atoms with Crippen molar-refractivity contribution in [2.24, 2.45) is 0 Å². The van der Waals surface area contributed by atoms with E-state index < -0.39 is 5.60 Å². The number of rotatable bonds is 3. The average molecular weight is 393 g/mol. The summed E-state index contributed by atoms with van der Waals surface area (Å²) in [5.41, 5.74) is 1.48. The van der Waals surface area contributed by atoms with E-state index in [1.807, 2.05) is 26.2 Å². The van der Waals surface area contributed by atoms with Gasteiger partial charge in [-0.05, 0) is 39.2 Å². The topological polar surface area (TPSA) is 51.7 Å². The molecule has 5 nitrogen and oxygen atoms in total. The molecule has 140 valence electrons. The maximum Gasteiger partial charge on any atom is 0.411 e. The molecule has 2 heterocycles. The van der Waals surface area contributed by atoms with Crippen LogP contribution in [0, 0.1) is 0 Å². The molecule has 1 unspecified atom stereocenters. The molecule has 0 saturated carbocycles. The minimum atomic E-state index is -0.521.